The van der Waals surface area contributed by atoms with Crippen LogP contribution >= 0.6 is 0 Å². The molecular weight excluding hydrogens is 332 g/mol. The molecule has 0 aliphatic heterocycles. The third-order valence-corrected chi connectivity index (χ3v) is 3.89. The first-order valence-electron chi connectivity index (χ1n) is 8.35. The molecule has 3 rings (SSSR count). The number of furan rings is 1. The van der Waals surface area contributed by atoms with Crippen molar-refractivity contribution in [3.05, 3.63) is 59.9 Å². The molecule has 0 bridgehead atoms. The lowest BCUT2D eigenvalue weighted by Crippen LogP contribution is -2.17. The number of amides is 2. The zero-order chi connectivity index (χ0) is 18.5. The molecule has 1 aromatic heterocycles. The smallest absolute Gasteiger partial charge is 0.286 e. The van der Waals surface area contributed by atoms with Gasteiger partial charge in [-0.05, 0) is 43.2 Å². The molecule has 6 heteroatoms. The van der Waals surface area contributed by atoms with E-state index < -0.39 is 5.91 Å². The summed E-state index contributed by atoms with van der Waals surface area (Å²) in [5, 5.41) is 3.40. The highest BCUT2D eigenvalue weighted by atomic mass is 16.5. The number of nitrogens with two attached hydrogens (primary N) is 1. The number of fused-ring (bicyclic) bond motifs is 1. The topological polar surface area (TPSA) is 94.6 Å². The largest absolute Gasteiger partial charge is 0.494 e. The van der Waals surface area contributed by atoms with Gasteiger partial charge in [-0.25, -0.2) is 0 Å². The van der Waals surface area contributed by atoms with E-state index in [2.05, 4.69) is 5.32 Å². The zero-order valence-corrected chi connectivity index (χ0v) is 14.5. The van der Waals surface area contributed by atoms with E-state index in [0.29, 0.717) is 29.7 Å². The average molecular weight is 352 g/mol. The van der Waals surface area contributed by atoms with Crippen molar-refractivity contribution in [2.24, 2.45) is 5.73 Å². The van der Waals surface area contributed by atoms with E-state index in [1.165, 1.54) is 0 Å². The number of rotatable bonds is 7. The van der Waals surface area contributed by atoms with E-state index in [9.17, 15) is 9.59 Å². The second-order valence-electron chi connectivity index (χ2n) is 5.98. The van der Waals surface area contributed by atoms with Crippen molar-refractivity contribution < 1.29 is 18.7 Å². The first-order chi connectivity index (χ1) is 12.5. The molecule has 0 aliphatic carbocycles. The number of aryl methyl sites for hydroxylation is 1. The van der Waals surface area contributed by atoms with Gasteiger partial charge >= 0.3 is 0 Å². The van der Waals surface area contributed by atoms with Crippen LogP contribution in [0.2, 0.25) is 0 Å². The summed E-state index contributed by atoms with van der Waals surface area (Å²) in [5.74, 6) is -0.228. The quantitative estimate of drug-likeness (QED) is 0.635. The second-order valence-corrected chi connectivity index (χ2v) is 5.98. The first kappa shape index (κ1) is 17.5. The van der Waals surface area contributed by atoms with Gasteiger partial charge in [0, 0.05) is 11.8 Å². The molecule has 0 fully saturated rings. The summed E-state index contributed by atoms with van der Waals surface area (Å²) in [6.45, 7) is 2.34. The Balaban J connectivity index is 1.63. The minimum absolute atomic E-state index is 0.0421. The Morgan fingerprint density at radius 2 is 1.92 bits per heavy atom. The van der Waals surface area contributed by atoms with Crippen LogP contribution in [-0.4, -0.2) is 18.4 Å². The minimum atomic E-state index is -0.721. The Labute approximate surface area is 150 Å². The van der Waals surface area contributed by atoms with Gasteiger partial charge in [-0.15, -0.1) is 0 Å². The van der Waals surface area contributed by atoms with Crippen molar-refractivity contribution in [3.63, 3.8) is 0 Å². The number of primary amides is 1. The summed E-state index contributed by atoms with van der Waals surface area (Å²) in [4.78, 5) is 23.9. The molecule has 26 heavy (non-hydrogen) atoms. The predicted octanol–water partition coefficient (Wildman–Crippen LogP) is 3.64. The number of ether oxygens (including phenoxy) is 1. The van der Waals surface area contributed by atoms with E-state index in [0.717, 1.165) is 11.3 Å². The maximum atomic E-state index is 12.2. The van der Waals surface area contributed by atoms with Gasteiger partial charge in [-0.3, -0.25) is 9.59 Å². The summed E-state index contributed by atoms with van der Waals surface area (Å²) in [5.41, 5.74) is 7.19. The number of hydrogen-bond donors (Lipinski definition) is 2. The molecule has 0 saturated carbocycles. The summed E-state index contributed by atoms with van der Waals surface area (Å²) < 4.78 is 11.1. The van der Waals surface area contributed by atoms with Gasteiger partial charge in [0.1, 0.15) is 17.0 Å². The number of para-hydroxylation sites is 1. The number of hydrogen-bond acceptors (Lipinski definition) is 4. The van der Waals surface area contributed by atoms with Crippen molar-refractivity contribution >= 4 is 28.5 Å². The maximum absolute atomic E-state index is 12.2. The van der Waals surface area contributed by atoms with Crippen molar-refractivity contribution in [1.29, 1.82) is 0 Å². The van der Waals surface area contributed by atoms with E-state index in [1.807, 2.05) is 43.3 Å². The third-order valence-electron chi connectivity index (χ3n) is 3.89. The fourth-order valence-electron chi connectivity index (χ4n) is 2.64. The Morgan fingerprint density at radius 1 is 1.15 bits per heavy atom. The zero-order valence-electron chi connectivity index (χ0n) is 14.5. The van der Waals surface area contributed by atoms with Crippen molar-refractivity contribution in [2.45, 2.75) is 19.8 Å². The van der Waals surface area contributed by atoms with Gasteiger partial charge < -0.3 is 20.2 Å². The molecule has 1 heterocycles. The van der Waals surface area contributed by atoms with Gasteiger partial charge in [0.25, 0.3) is 5.91 Å². The van der Waals surface area contributed by atoms with Gasteiger partial charge in [-0.1, -0.05) is 24.3 Å². The van der Waals surface area contributed by atoms with Crippen molar-refractivity contribution in [1.82, 2.24) is 0 Å². The molecule has 3 aromatic rings. The molecule has 0 radical (unpaired) electrons. The van der Waals surface area contributed by atoms with E-state index >= 15 is 0 Å². The molecule has 0 spiro atoms. The van der Waals surface area contributed by atoms with Crippen molar-refractivity contribution in [2.75, 3.05) is 11.9 Å². The monoisotopic (exact) mass is 352 g/mol. The lowest BCUT2D eigenvalue weighted by molar-refractivity contribution is -0.116. The molecule has 2 aromatic carbocycles. The molecule has 2 amide bonds. The lowest BCUT2D eigenvalue weighted by Gasteiger charge is -2.07. The second kappa shape index (κ2) is 7.74. The molecule has 0 aliphatic rings. The van der Waals surface area contributed by atoms with Crippen LogP contribution in [0.1, 0.15) is 29.0 Å². The van der Waals surface area contributed by atoms with Crippen LogP contribution in [0.3, 0.4) is 0 Å². The van der Waals surface area contributed by atoms with Crippen LogP contribution in [0.5, 0.6) is 5.75 Å². The average Bonchev–Trinajstić information content (AvgIpc) is 2.97. The highest BCUT2D eigenvalue weighted by Gasteiger charge is 2.20. The lowest BCUT2D eigenvalue weighted by atomic mass is 10.1. The Hall–Kier alpha value is -3.28. The summed E-state index contributed by atoms with van der Waals surface area (Å²) >= 11 is 0. The summed E-state index contributed by atoms with van der Waals surface area (Å²) in [6.07, 6.45) is 0.797. The van der Waals surface area contributed by atoms with Gasteiger partial charge in [0.2, 0.25) is 11.7 Å². The first-order valence-corrected chi connectivity index (χ1v) is 8.35. The van der Waals surface area contributed by atoms with Crippen LogP contribution in [-0.2, 0) is 4.79 Å². The Bertz CT molecular complexity index is 932. The highest BCUT2D eigenvalue weighted by Crippen LogP contribution is 2.31. The highest BCUT2D eigenvalue weighted by molar-refractivity contribution is 6.10. The molecule has 0 atom stereocenters. The third kappa shape index (κ3) is 4.03. The standard InChI is InChI=1S/C20H20N2O4/c1-13-9-10-15-16(12-13)26-19(20(21)24)18(15)22-17(23)8-5-11-25-14-6-3-2-4-7-14/h2-4,6-7,9-10,12H,5,8,11H2,1H3,(H2,21,24)(H,22,23). The Morgan fingerprint density at radius 3 is 2.65 bits per heavy atom. The number of carbonyl (C=O) groups is 2. The molecular formula is C20H20N2O4. The van der Waals surface area contributed by atoms with E-state index in [-0.39, 0.29) is 18.1 Å². The molecule has 3 N–H and O–H groups in total. The van der Waals surface area contributed by atoms with Crippen molar-refractivity contribution in [3.8, 4) is 5.75 Å². The van der Waals surface area contributed by atoms with Crippen LogP contribution < -0.4 is 15.8 Å². The number of nitrogens with one attached hydrogen (secondary N) is 1. The molecule has 0 saturated heterocycles. The number of anilines is 1. The molecule has 6 nitrogen and oxygen atoms in total. The van der Waals surface area contributed by atoms with E-state index in [4.69, 9.17) is 14.9 Å². The van der Waals surface area contributed by atoms with E-state index in [1.54, 1.807) is 12.1 Å². The van der Waals surface area contributed by atoms with Gasteiger partial charge in [0.15, 0.2) is 0 Å². The predicted molar refractivity (Wildman–Crippen MR) is 99.3 cm³/mol. The maximum Gasteiger partial charge on any atom is 0.286 e. The fraction of sp³-hybridized carbons (Fsp3) is 0.200. The fourth-order valence-corrected chi connectivity index (χ4v) is 2.64. The van der Waals surface area contributed by atoms with Crippen LogP contribution in [0, 0.1) is 6.92 Å². The van der Waals surface area contributed by atoms with Crippen LogP contribution in [0.25, 0.3) is 11.0 Å². The minimum Gasteiger partial charge on any atom is -0.494 e. The number of carbonyl (C=O) groups excluding carboxylic acids is 2. The number of benzene rings is 2. The normalized spacial score (nSPS) is 10.7. The van der Waals surface area contributed by atoms with Crippen LogP contribution in [0.15, 0.2) is 52.9 Å². The molecule has 134 valence electrons. The summed E-state index contributed by atoms with van der Waals surface area (Å²) in [7, 11) is 0. The Kier molecular flexibility index (Phi) is 5.22. The van der Waals surface area contributed by atoms with Crippen LogP contribution in [0.4, 0.5) is 5.69 Å². The van der Waals surface area contributed by atoms with Gasteiger partial charge in [0.05, 0.1) is 6.61 Å². The SMILES string of the molecule is Cc1ccc2c(NC(=O)CCCOc3ccccc3)c(C(N)=O)oc2c1. The molecule has 0 unspecified atom stereocenters. The summed E-state index contributed by atoms with van der Waals surface area (Å²) in [6, 6.07) is 14.9. The van der Waals surface area contributed by atoms with Gasteiger partial charge in [-0.2, -0.15) is 0 Å².